The van der Waals surface area contributed by atoms with Crippen LogP contribution in [0.2, 0.25) is 0 Å². The standard InChI is InChI=1S/C20H24N2O3S/c1-4-16-9-13-19(14-10-16)26(24,25)21-18-11-7-17(8-12-18)15-20(23)22(5-2)6-3/h4,7-14,21H,1,5-6,15H2,2-3H3. The predicted molar refractivity (Wildman–Crippen MR) is 105 cm³/mol. The van der Waals surface area contributed by atoms with Crippen molar-refractivity contribution in [3.8, 4) is 0 Å². The first-order valence-electron chi connectivity index (χ1n) is 8.51. The van der Waals surface area contributed by atoms with E-state index in [-0.39, 0.29) is 10.8 Å². The molecule has 0 saturated heterocycles. The van der Waals surface area contributed by atoms with Crippen LogP contribution >= 0.6 is 0 Å². The summed E-state index contributed by atoms with van der Waals surface area (Å²) in [6.45, 7) is 8.90. The van der Waals surface area contributed by atoms with Crippen molar-refractivity contribution in [2.45, 2.75) is 25.2 Å². The molecule has 0 aromatic heterocycles. The summed E-state index contributed by atoms with van der Waals surface area (Å²) in [5.74, 6) is 0.0608. The fourth-order valence-electron chi connectivity index (χ4n) is 2.55. The molecule has 0 spiro atoms. The molecule has 0 aliphatic carbocycles. The number of nitrogens with one attached hydrogen (secondary N) is 1. The van der Waals surface area contributed by atoms with Gasteiger partial charge in [-0.2, -0.15) is 0 Å². The van der Waals surface area contributed by atoms with Crippen molar-refractivity contribution in [2.75, 3.05) is 17.8 Å². The van der Waals surface area contributed by atoms with Gasteiger partial charge in [0.05, 0.1) is 11.3 Å². The van der Waals surface area contributed by atoms with Gasteiger partial charge in [0.2, 0.25) is 5.91 Å². The molecule has 0 bridgehead atoms. The number of nitrogens with zero attached hydrogens (tertiary/aromatic N) is 1. The number of carbonyl (C=O) groups is 1. The summed E-state index contributed by atoms with van der Waals surface area (Å²) in [5, 5.41) is 0. The van der Waals surface area contributed by atoms with Crippen LogP contribution in [-0.4, -0.2) is 32.3 Å². The Labute approximate surface area is 155 Å². The summed E-state index contributed by atoms with van der Waals surface area (Å²) in [5.41, 5.74) is 2.16. The lowest BCUT2D eigenvalue weighted by molar-refractivity contribution is -0.130. The normalized spacial score (nSPS) is 11.0. The zero-order valence-electron chi connectivity index (χ0n) is 15.1. The van der Waals surface area contributed by atoms with Crippen LogP contribution in [0.5, 0.6) is 0 Å². The van der Waals surface area contributed by atoms with Crippen molar-refractivity contribution in [1.29, 1.82) is 0 Å². The lowest BCUT2D eigenvalue weighted by Crippen LogP contribution is -2.31. The van der Waals surface area contributed by atoms with Gasteiger partial charge in [-0.05, 0) is 49.2 Å². The van der Waals surface area contributed by atoms with E-state index in [1.54, 1.807) is 47.4 Å². The number of hydrogen-bond donors (Lipinski definition) is 1. The maximum atomic E-state index is 12.4. The van der Waals surface area contributed by atoms with Crippen molar-refractivity contribution in [3.63, 3.8) is 0 Å². The van der Waals surface area contributed by atoms with Crippen LogP contribution in [0.25, 0.3) is 6.08 Å². The van der Waals surface area contributed by atoms with Gasteiger partial charge in [-0.25, -0.2) is 8.42 Å². The maximum Gasteiger partial charge on any atom is 0.261 e. The van der Waals surface area contributed by atoms with Crippen LogP contribution in [0.4, 0.5) is 5.69 Å². The van der Waals surface area contributed by atoms with Gasteiger partial charge in [0, 0.05) is 18.8 Å². The SMILES string of the molecule is C=Cc1ccc(S(=O)(=O)Nc2ccc(CC(=O)N(CC)CC)cc2)cc1. The van der Waals surface area contributed by atoms with E-state index in [1.165, 1.54) is 12.1 Å². The smallest absolute Gasteiger partial charge is 0.261 e. The van der Waals surface area contributed by atoms with Crippen LogP contribution in [0.1, 0.15) is 25.0 Å². The molecule has 0 heterocycles. The number of sulfonamides is 1. The number of carbonyl (C=O) groups excluding carboxylic acids is 1. The van der Waals surface area contributed by atoms with Gasteiger partial charge in [-0.3, -0.25) is 9.52 Å². The third-order valence-corrected chi connectivity index (χ3v) is 5.50. The van der Waals surface area contributed by atoms with E-state index in [9.17, 15) is 13.2 Å². The van der Waals surface area contributed by atoms with Crippen molar-refractivity contribution in [3.05, 3.63) is 66.2 Å². The molecule has 0 unspecified atom stereocenters. The second-order valence-electron chi connectivity index (χ2n) is 5.82. The highest BCUT2D eigenvalue weighted by atomic mass is 32.2. The minimum atomic E-state index is -3.66. The zero-order chi connectivity index (χ0) is 19.2. The first kappa shape index (κ1) is 19.7. The Kier molecular flexibility index (Phi) is 6.58. The van der Waals surface area contributed by atoms with Crippen molar-refractivity contribution < 1.29 is 13.2 Å². The van der Waals surface area contributed by atoms with Crippen LogP contribution < -0.4 is 4.72 Å². The summed E-state index contributed by atoms with van der Waals surface area (Å²) in [6, 6.07) is 13.3. The molecule has 2 aromatic rings. The number of rotatable bonds is 8. The van der Waals surface area contributed by atoms with E-state index in [2.05, 4.69) is 11.3 Å². The Morgan fingerprint density at radius 3 is 2.12 bits per heavy atom. The van der Waals surface area contributed by atoms with Gasteiger partial charge in [-0.1, -0.05) is 36.9 Å². The number of likely N-dealkylation sites (N-methyl/N-ethyl adjacent to an activating group) is 1. The molecule has 138 valence electrons. The Morgan fingerprint density at radius 2 is 1.62 bits per heavy atom. The molecule has 6 heteroatoms. The summed E-state index contributed by atoms with van der Waals surface area (Å²) >= 11 is 0. The quantitative estimate of drug-likeness (QED) is 0.771. The number of hydrogen-bond acceptors (Lipinski definition) is 3. The highest BCUT2D eigenvalue weighted by molar-refractivity contribution is 7.92. The summed E-state index contributed by atoms with van der Waals surface area (Å²) in [4.78, 5) is 14.1. The molecule has 2 rings (SSSR count). The molecular formula is C20H24N2O3S. The number of anilines is 1. The van der Waals surface area contributed by atoms with Crippen molar-refractivity contribution >= 4 is 27.7 Å². The van der Waals surface area contributed by atoms with E-state index in [1.807, 2.05) is 13.8 Å². The number of amides is 1. The Morgan fingerprint density at radius 1 is 1.04 bits per heavy atom. The molecule has 5 nitrogen and oxygen atoms in total. The molecule has 0 aliphatic heterocycles. The summed E-state index contributed by atoms with van der Waals surface area (Å²) < 4.78 is 27.4. The summed E-state index contributed by atoms with van der Waals surface area (Å²) in [6.07, 6.45) is 1.96. The molecule has 0 radical (unpaired) electrons. The Bertz CT molecular complexity index is 853. The zero-order valence-corrected chi connectivity index (χ0v) is 15.9. The topological polar surface area (TPSA) is 66.5 Å². The second-order valence-corrected chi connectivity index (χ2v) is 7.50. The predicted octanol–water partition coefficient (Wildman–Crippen LogP) is 3.54. The van der Waals surface area contributed by atoms with E-state index in [0.717, 1.165) is 11.1 Å². The highest BCUT2D eigenvalue weighted by Gasteiger charge is 2.14. The van der Waals surface area contributed by atoms with E-state index in [0.29, 0.717) is 25.2 Å². The van der Waals surface area contributed by atoms with Gasteiger partial charge in [-0.15, -0.1) is 0 Å². The fourth-order valence-corrected chi connectivity index (χ4v) is 3.61. The van der Waals surface area contributed by atoms with Crippen LogP contribution in [0.15, 0.2) is 60.0 Å². The number of benzene rings is 2. The molecule has 26 heavy (non-hydrogen) atoms. The van der Waals surface area contributed by atoms with Gasteiger partial charge < -0.3 is 4.90 Å². The molecule has 0 aliphatic rings. The van der Waals surface area contributed by atoms with Crippen LogP contribution in [-0.2, 0) is 21.2 Å². The molecule has 0 fully saturated rings. The Hall–Kier alpha value is -2.60. The van der Waals surface area contributed by atoms with Crippen LogP contribution in [0, 0.1) is 0 Å². The third kappa shape index (κ3) is 4.95. The summed E-state index contributed by atoms with van der Waals surface area (Å²) in [7, 11) is -3.66. The molecule has 2 aromatic carbocycles. The van der Waals surface area contributed by atoms with Crippen molar-refractivity contribution in [2.24, 2.45) is 0 Å². The second kappa shape index (κ2) is 8.67. The minimum Gasteiger partial charge on any atom is -0.343 e. The third-order valence-electron chi connectivity index (χ3n) is 4.10. The van der Waals surface area contributed by atoms with Gasteiger partial charge >= 0.3 is 0 Å². The average Bonchev–Trinajstić information content (AvgIpc) is 2.64. The minimum absolute atomic E-state index is 0.0608. The van der Waals surface area contributed by atoms with Crippen molar-refractivity contribution in [1.82, 2.24) is 4.90 Å². The first-order chi connectivity index (χ1) is 12.4. The highest BCUT2D eigenvalue weighted by Crippen LogP contribution is 2.18. The van der Waals surface area contributed by atoms with E-state index < -0.39 is 10.0 Å². The largest absolute Gasteiger partial charge is 0.343 e. The van der Waals surface area contributed by atoms with E-state index in [4.69, 9.17) is 0 Å². The molecule has 0 atom stereocenters. The van der Waals surface area contributed by atoms with Gasteiger partial charge in [0.25, 0.3) is 10.0 Å². The monoisotopic (exact) mass is 372 g/mol. The lowest BCUT2D eigenvalue weighted by atomic mass is 10.1. The Balaban J connectivity index is 2.08. The van der Waals surface area contributed by atoms with E-state index >= 15 is 0 Å². The molecule has 1 N–H and O–H groups in total. The average molecular weight is 372 g/mol. The molecular weight excluding hydrogens is 348 g/mol. The molecule has 1 amide bonds. The van der Waals surface area contributed by atoms with Crippen LogP contribution in [0.3, 0.4) is 0 Å². The first-order valence-corrected chi connectivity index (χ1v) is 10.00. The molecule has 0 saturated carbocycles. The van der Waals surface area contributed by atoms with Gasteiger partial charge in [0.1, 0.15) is 0 Å². The fraction of sp³-hybridized carbons (Fsp3) is 0.250. The van der Waals surface area contributed by atoms with Gasteiger partial charge in [0.15, 0.2) is 0 Å². The maximum absolute atomic E-state index is 12.4. The lowest BCUT2D eigenvalue weighted by Gasteiger charge is -2.18.